The summed E-state index contributed by atoms with van der Waals surface area (Å²) < 4.78 is 23.5. The van der Waals surface area contributed by atoms with Crippen LogP contribution in [0.3, 0.4) is 0 Å². The van der Waals surface area contributed by atoms with Crippen molar-refractivity contribution in [1.82, 2.24) is 0 Å². The van der Waals surface area contributed by atoms with Crippen molar-refractivity contribution < 1.29 is 69.7 Å². The van der Waals surface area contributed by atoms with Gasteiger partial charge in [-0.25, -0.2) is 4.79 Å². The van der Waals surface area contributed by atoms with E-state index in [-0.39, 0.29) is 40.1 Å². The summed E-state index contributed by atoms with van der Waals surface area (Å²) in [5.74, 6) is -0.932. The van der Waals surface area contributed by atoms with E-state index in [1.165, 1.54) is 5.57 Å². The van der Waals surface area contributed by atoms with Crippen LogP contribution in [0.25, 0.3) is 0 Å². The Hall–Kier alpha value is -1.27. The number of aliphatic carboxylic acids is 1. The number of allylic oxidation sites excluding steroid dienone is 2. The third kappa shape index (κ3) is 6.21. The number of hydrogen-bond donors (Lipinski definition) is 9. The van der Waals surface area contributed by atoms with Crippen molar-refractivity contribution in [3.63, 3.8) is 0 Å². The van der Waals surface area contributed by atoms with E-state index < -0.39 is 97.0 Å². The molecule has 56 heavy (non-hydrogen) atoms. The van der Waals surface area contributed by atoms with Crippen LogP contribution in [-0.2, 0) is 23.7 Å². The molecule has 0 aromatic heterocycles. The predicted octanol–water partition coefficient (Wildman–Crippen LogP) is 1.85. The van der Waals surface area contributed by atoms with Gasteiger partial charge in [-0.15, -0.1) is 0 Å². The zero-order valence-corrected chi connectivity index (χ0v) is 34.1. The molecular formula is C42H68O14. The molecule has 5 aliphatic carbocycles. The summed E-state index contributed by atoms with van der Waals surface area (Å²) in [5.41, 5.74) is 0.0827. The number of ether oxygens (including phenoxy) is 4. The van der Waals surface area contributed by atoms with E-state index in [0.717, 1.165) is 44.9 Å². The second-order valence-corrected chi connectivity index (χ2v) is 20.9. The van der Waals surface area contributed by atoms with E-state index in [4.69, 9.17) is 18.9 Å². The lowest BCUT2D eigenvalue weighted by Crippen LogP contribution is -2.68. The summed E-state index contributed by atoms with van der Waals surface area (Å²) >= 11 is 0. The molecule has 0 aromatic rings. The lowest BCUT2D eigenvalue weighted by Gasteiger charge is -2.72. The van der Waals surface area contributed by atoms with Crippen molar-refractivity contribution in [2.24, 2.45) is 50.2 Å². The third-order valence-corrected chi connectivity index (χ3v) is 17.3. The summed E-state index contributed by atoms with van der Waals surface area (Å²) in [6.45, 7) is 15.4. The first-order valence-electron chi connectivity index (χ1n) is 20.9. The third-order valence-electron chi connectivity index (χ3n) is 17.3. The van der Waals surface area contributed by atoms with Crippen LogP contribution in [0.2, 0.25) is 0 Å². The van der Waals surface area contributed by atoms with Crippen LogP contribution >= 0.6 is 0 Å². The highest BCUT2D eigenvalue weighted by Gasteiger charge is 2.70. The summed E-state index contributed by atoms with van der Waals surface area (Å²) in [5, 5.41) is 96.3. The quantitative estimate of drug-likeness (QED) is 0.132. The summed E-state index contributed by atoms with van der Waals surface area (Å²) in [6, 6.07) is 0. The van der Waals surface area contributed by atoms with Crippen LogP contribution in [0.1, 0.15) is 106 Å². The lowest BCUT2D eigenvalue weighted by atomic mass is 9.33. The molecule has 0 amide bonds. The number of aliphatic hydroxyl groups excluding tert-OH is 8. The maximum absolute atomic E-state index is 12.3. The molecule has 4 saturated carbocycles. The van der Waals surface area contributed by atoms with Gasteiger partial charge in [-0.1, -0.05) is 60.1 Å². The maximum Gasteiger partial charge on any atom is 0.335 e. The summed E-state index contributed by atoms with van der Waals surface area (Å²) in [7, 11) is 0. The van der Waals surface area contributed by atoms with Gasteiger partial charge in [0.05, 0.1) is 25.4 Å². The topological polar surface area (TPSA) is 236 Å². The molecule has 320 valence electrons. The number of carboxylic acid groups (broad SMARTS) is 1. The highest BCUT2D eigenvalue weighted by molar-refractivity contribution is 5.73. The molecule has 0 radical (unpaired) electrons. The number of carboxylic acids is 1. The van der Waals surface area contributed by atoms with E-state index in [0.29, 0.717) is 18.8 Å². The number of aliphatic hydroxyl groups is 8. The zero-order valence-electron chi connectivity index (χ0n) is 34.1. The van der Waals surface area contributed by atoms with Crippen molar-refractivity contribution in [2.75, 3.05) is 13.2 Å². The van der Waals surface area contributed by atoms with Crippen LogP contribution < -0.4 is 0 Å². The number of rotatable bonds is 7. The number of carbonyl (C=O) groups is 1. The van der Waals surface area contributed by atoms with Gasteiger partial charge >= 0.3 is 5.97 Å². The first-order chi connectivity index (χ1) is 26.0. The van der Waals surface area contributed by atoms with Gasteiger partial charge < -0.3 is 64.9 Å². The molecule has 2 saturated heterocycles. The molecule has 0 unspecified atom stereocenters. The Kier molecular flexibility index (Phi) is 11.0. The van der Waals surface area contributed by atoms with E-state index in [1.54, 1.807) is 0 Å². The zero-order chi connectivity index (χ0) is 41.1. The molecule has 0 bridgehead atoms. The van der Waals surface area contributed by atoms with Crippen molar-refractivity contribution in [3.05, 3.63) is 11.6 Å². The van der Waals surface area contributed by atoms with Gasteiger partial charge in [-0.3, -0.25) is 0 Å². The normalized spacial score (nSPS) is 53.8. The minimum Gasteiger partial charge on any atom is -0.479 e. The van der Waals surface area contributed by atoms with E-state index in [2.05, 4.69) is 54.5 Å². The molecular weight excluding hydrogens is 728 g/mol. The van der Waals surface area contributed by atoms with Gasteiger partial charge in [0.25, 0.3) is 0 Å². The molecule has 0 aromatic carbocycles. The maximum atomic E-state index is 12.3. The smallest absolute Gasteiger partial charge is 0.335 e. The number of hydrogen-bond acceptors (Lipinski definition) is 13. The Morgan fingerprint density at radius 1 is 0.768 bits per heavy atom. The first kappa shape index (κ1) is 42.8. The van der Waals surface area contributed by atoms with Crippen molar-refractivity contribution in [3.8, 4) is 0 Å². The van der Waals surface area contributed by atoms with Crippen LogP contribution in [-0.4, -0.2) is 139 Å². The fourth-order valence-electron chi connectivity index (χ4n) is 13.8. The standard InChI is InChI=1S/C42H68O14/c1-37(2)14-15-42(19-44)21(16-37)20-8-9-24-39(5)12-11-26(38(3,4)23(39)10-13-40(24,6)41(20,7)17-25(42)45)54-36-31(50)32(30(49)33(56-36)34(51)52)55-35-29(48)28(47)27(46)22(18-43)53-35/h8,21-33,35-36,43-50H,9-19H2,1-7H3,(H,51,52)/t21-,22+,23-,24+,25-,26-,27+,28-,29+,30-,31+,32-,33-,35-,36+,39-,40+,41+,42+/m0/s1. The molecule has 7 rings (SSSR count). The second kappa shape index (κ2) is 14.4. The molecule has 2 heterocycles. The second-order valence-electron chi connectivity index (χ2n) is 20.9. The molecule has 0 spiro atoms. The molecule has 14 heteroatoms. The lowest BCUT2D eigenvalue weighted by molar-refractivity contribution is -0.365. The van der Waals surface area contributed by atoms with E-state index in [9.17, 15) is 50.8 Å². The number of fused-ring (bicyclic) bond motifs is 7. The van der Waals surface area contributed by atoms with E-state index in [1.807, 2.05) is 0 Å². The summed E-state index contributed by atoms with van der Waals surface area (Å²) in [6.07, 6.45) is -8.30. The van der Waals surface area contributed by atoms with Crippen LogP contribution in [0, 0.1) is 50.2 Å². The average molecular weight is 797 g/mol. The largest absolute Gasteiger partial charge is 0.479 e. The summed E-state index contributed by atoms with van der Waals surface area (Å²) in [4.78, 5) is 12.3. The van der Waals surface area contributed by atoms with Gasteiger partial charge in [0.2, 0.25) is 0 Å². The van der Waals surface area contributed by atoms with Gasteiger partial charge in [-0.2, -0.15) is 0 Å². The molecule has 9 N–H and O–H groups in total. The fourth-order valence-corrected chi connectivity index (χ4v) is 13.8. The molecule has 2 aliphatic heterocycles. The van der Waals surface area contributed by atoms with Crippen LogP contribution in [0.4, 0.5) is 0 Å². The first-order valence-corrected chi connectivity index (χ1v) is 20.9. The van der Waals surface area contributed by atoms with Gasteiger partial charge in [0.1, 0.15) is 42.7 Å². The Labute approximate surface area is 330 Å². The molecule has 6 fully saturated rings. The van der Waals surface area contributed by atoms with Crippen molar-refractivity contribution in [1.29, 1.82) is 0 Å². The van der Waals surface area contributed by atoms with E-state index >= 15 is 0 Å². The Bertz CT molecular complexity index is 1520. The Morgan fingerprint density at radius 2 is 1.45 bits per heavy atom. The molecule has 14 nitrogen and oxygen atoms in total. The molecule has 19 atom stereocenters. The van der Waals surface area contributed by atoms with Gasteiger partial charge in [0.15, 0.2) is 18.7 Å². The fraction of sp³-hybridized carbons (Fsp3) is 0.929. The van der Waals surface area contributed by atoms with Crippen LogP contribution in [0.5, 0.6) is 0 Å². The minimum absolute atomic E-state index is 0.00988. The Balaban J connectivity index is 1.13. The van der Waals surface area contributed by atoms with Crippen molar-refractivity contribution >= 4 is 5.97 Å². The SMILES string of the molecule is CC1(C)CC[C@]2(CO)[C@@H](O)C[C@]3(C)C(=CC[C@@H]4[C@@]5(C)CC[C@H](O[C@@H]6O[C@H](C(=O)O)[C@@H](O)[C@H](O[C@@H]7O[C@H](CO)[C@@H](O)[C@H](O)[C@H]7O)[C@H]6O)C(C)(C)[C@@H]5CC[C@]43C)[C@@H]2C1. The average Bonchev–Trinajstić information content (AvgIpc) is 3.12. The van der Waals surface area contributed by atoms with Gasteiger partial charge in [-0.05, 0) is 103 Å². The minimum atomic E-state index is -1.93. The van der Waals surface area contributed by atoms with Crippen LogP contribution in [0.15, 0.2) is 11.6 Å². The molecule has 7 aliphatic rings. The van der Waals surface area contributed by atoms with Crippen molar-refractivity contribution in [2.45, 2.75) is 180 Å². The van der Waals surface area contributed by atoms with Gasteiger partial charge in [0, 0.05) is 5.41 Å². The monoisotopic (exact) mass is 796 g/mol. The highest BCUT2D eigenvalue weighted by Crippen LogP contribution is 2.76. The highest BCUT2D eigenvalue weighted by atomic mass is 16.7. The Morgan fingerprint density at radius 3 is 2.09 bits per heavy atom. The predicted molar refractivity (Wildman–Crippen MR) is 199 cm³/mol.